The number of rotatable bonds is 3. The highest BCUT2D eigenvalue weighted by atomic mass is 16.1. The van der Waals surface area contributed by atoms with E-state index in [4.69, 9.17) is 0 Å². The SMILES string of the molecule is Cc1ccc(C(=O)C(C)c2cccc(C)c2)cc1. The zero-order chi connectivity index (χ0) is 13.1. The highest BCUT2D eigenvalue weighted by Crippen LogP contribution is 2.21. The summed E-state index contributed by atoms with van der Waals surface area (Å²) < 4.78 is 0. The van der Waals surface area contributed by atoms with Gasteiger partial charge in [0.15, 0.2) is 5.78 Å². The Kier molecular flexibility index (Phi) is 3.61. The minimum atomic E-state index is -0.0902. The molecule has 2 aromatic carbocycles. The van der Waals surface area contributed by atoms with Crippen LogP contribution in [0.3, 0.4) is 0 Å². The van der Waals surface area contributed by atoms with E-state index in [2.05, 4.69) is 6.07 Å². The second kappa shape index (κ2) is 5.18. The predicted octanol–water partition coefficient (Wildman–Crippen LogP) is 4.29. The Morgan fingerprint density at radius 2 is 1.61 bits per heavy atom. The normalized spacial score (nSPS) is 12.2. The van der Waals surface area contributed by atoms with E-state index in [9.17, 15) is 4.79 Å². The van der Waals surface area contributed by atoms with Gasteiger partial charge in [-0.05, 0) is 19.4 Å². The summed E-state index contributed by atoms with van der Waals surface area (Å²) in [6.07, 6.45) is 0. The van der Waals surface area contributed by atoms with Gasteiger partial charge >= 0.3 is 0 Å². The maximum Gasteiger partial charge on any atom is 0.170 e. The van der Waals surface area contributed by atoms with Crippen molar-refractivity contribution in [3.05, 3.63) is 70.8 Å². The van der Waals surface area contributed by atoms with Gasteiger partial charge in [0, 0.05) is 11.5 Å². The summed E-state index contributed by atoms with van der Waals surface area (Å²) in [7, 11) is 0. The molecule has 0 radical (unpaired) electrons. The van der Waals surface area contributed by atoms with E-state index in [1.807, 2.05) is 63.2 Å². The molecule has 0 saturated heterocycles. The minimum Gasteiger partial charge on any atom is -0.294 e. The lowest BCUT2D eigenvalue weighted by Crippen LogP contribution is -2.09. The van der Waals surface area contributed by atoms with Crippen molar-refractivity contribution in [3.8, 4) is 0 Å². The molecular weight excluding hydrogens is 220 g/mol. The third-order valence-corrected chi connectivity index (χ3v) is 3.27. The van der Waals surface area contributed by atoms with Gasteiger partial charge in [0.25, 0.3) is 0 Å². The second-order valence-corrected chi connectivity index (χ2v) is 4.87. The van der Waals surface area contributed by atoms with Crippen LogP contribution in [0, 0.1) is 13.8 Å². The quantitative estimate of drug-likeness (QED) is 0.729. The van der Waals surface area contributed by atoms with Gasteiger partial charge < -0.3 is 0 Å². The Balaban J connectivity index is 2.26. The molecular formula is C17H18O. The van der Waals surface area contributed by atoms with Crippen LogP contribution < -0.4 is 0 Å². The molecule has 18 heavy (non-hydrogen) atoms. The monoisotopic (exact) mass is 238 g/mol. The topological polar surface area (TPSA) is 17.1 Å². The molecule has 0 aliphatic heterocycles. The zero-order valence-electron chi connectivity index (χ0n) is 11.1. The van der Waals surface area contributed by atoms with Crippen LogP contribution in [0.1, 0.15) is 39.9 Å². The number of carbonyl (C=O) groups excluding carboxylic acids is 1. The van der Waals surface area contributed by atoms with Crippen molar-refractivity contribution < 1.29 is 4.79 Å². The standard InChI is InChI=1S/C17H18O/c1-12-7-9-15(10-8-12)17(18)14(3)16-6-4-5-13(2)11-16/h4-11,14H,1-3H3. The summed E-state index contributed by atoms with van der Waals surface area (Å²) in [6, 6.07) is 15.9. The van der Waals surface area contributed by atoms with Crippen molar-refractivity contribution >= 4 is 5.78 Å². The van der Waals surface area contributed by atoms with Crippen LogP contribution in [0.5, 0.6) is 0 Å². The van der Waals surface area contributed by atoms with E-state index >= 15 is 0 Å². The number of benzene rings is 2. The van der Waals surface area contributed by atoms with Crippen LogP contribution in [0.2, 0.25) is 0 Å². The number of ketones is 1. The van der Waals surface area contributed by atoms with Crippen molar-refractivity contribution in [3.63, 3.8) is 0 Å². The molecule has 0 amide bonds. The van der Waals surface area contributed by atoms with Gasteiger partial charge in [-0.15, -0.1) is 0 Å². The van der Waals surface area contributed by atoms with Crippen molar-refractivity contribution in [1.29, 1.82) is 0 Å². The lowest BCUT2D eigenvalue weighted by molar-refractivity contribution is 0.0966. The molecule has 2 rings (SSSR count). The molecule has 2 aromatic rings. The number of hydrogen-bond donors (Lipinski definition) is 0. The summed E-state index contributed by atoms with van der Waals surface area (Å²) in [5.74, 6) is 0.0909. The molecule has 0 spiro atoms. The van der Waals surface area contributed by atoms with Crippen molar-refractivity contribution in [1.82, 2.24) is 0 Å². The van der Waals surface area contributed by atoms with Crippen LogP contribution in [0.4, 0.5) is 0 Å². The Hall–Kier alpha value is -1.89. The lowest BCUT2D eigenvalue weighted by atomic mass is 9.91. The molecule has 0 bridgehead atoms. The molecule has 0 aliphatic carbocycles. The molecule has 1 nitrogen and oxygen atoms in total. The van der Waals surface area contributed by atoms with E-state index in [-0.39, 0.29) is 11.7 Å². The van der Waals surface area contributed by atoms with Gasteiger partial charge in [-0.1, -0.05) is 66.6 Å². The summed E-state index contributed by atoms with van der Waals surface area (Å²) in [6.45, 7) is 6.04. The first-order valence-corrected chi connectivity index (χ1v) is 6.25. The van der Waals surface area contributed by atoms with Crippen LogP contribution in [-0.4, -0.2) is 5.78 Å². The first-order chi connectivity index (χ1) is 8.58. The maximum absolute atomic E-state index is 12.4. The van der Waals surface area contributed by atoms with Crippen molar-refractivity contribution in [2.45, 2.75) is 26.7 Å². The Morgan fingerprint density at radius 3 is 2.22 bits per heavy atom. The van der Waals surface area contributed by atoms with E-state index < -0.39 is 0 Å². The van der Waals surface area contributed by atoms with E-state index in [0.717, 1.165) is 11.1 Å². The largest absolute Gasteiger partial charge is 0.294 e. The van der Waals surface area contributed by atoms with Gasteiger partial charge in [-0.25, -0.2) is 0 Å². The third-order valence-electron chi connectivity index (χ3n) is 3.27. The molecule has 0 fully saturated rings. The molecule has 1 heteroatoms. The zero-order valence-corrected chi connectivity index (χ0v) is 11.1. The van der Waals surface area contributed by atoms with Crippen LogP contribution >= 0.6 is 0 Å². The van der Waals surface area contributed by atoms with E-state index in [1.54, 1.807) is 0 Å². The fraction of sp³-hybridized carbons (Fsp3) is 0.235. The Morgan fingerprint density at radius 1 is 0.944 bits per heavy atom. The highest BCUT2D eigenvalue weighted by molar-refractivity contribution is 6.00. The molecule has 92 valence electrons. The van der Waals surface area contributed by atoms with E-state index in [0.29, 0.717) is 0 Å². The summed E-state index contributed by atoms with van der Waals surface area (Å²) in [4.78, 5) is 12.4. The van der Waals surface area contributed by atoms with Gasteiger partial charge in [0.1, 0.15) is 0 Å². The van der Waals surface area contributed by atoms with Gasteiger partial charge in [-0.2, -0.15) is 0 Å². The van der Waals surface area contributed by atoms with Gasteiger partial charge in [0.05, 0.1) is 0 Å². The van der Waals surface area contributed by atoms with Gasteiger partial charge in [0.2, 0.25) is 0 Å². The average Bonchev–Trinajstić information content (AvgIpc) is 2.38. The summed E-state index contributed by atoms with van der Waals surface area (Å²) in [5, 5.41) is 0. The third kappa shape index (κ3) is 2.67. The fourth-order valence-electron chi connectivity index (χ4n) is 2.06. The number of hydrogen-bond acceptors (Lipinski definition) is 1. The summed E-state index contributed by atoms with van der Waals surface area (Å²) in [5.41, 5.74) is 4.24. The fourth-order valence-corrected chi connectivity index (χ4v) is 2.06. The maximum atomic E-state index is 12.4. The van der Waals surface area contributed by atoms with Crippen molar-refractivity contribution in [2.24, 2.45) is 0 Å². The highest BCUT2D eigenvalue weighted by Gasteiger charge is 2.16. The Labute approximate surface area is 108 Å². The van der Waals surface area contributed by atoms with Crippen molar-refractivity contribution in [2.75, 3.05) is 0 Å². The Bertz CT molecular complexity index is 552. The number of aryl methyl sites for hydroxylation is 2. The number of Topliss-reactive ketones (excluding diaryl/α,β-unsaturated/α-hetero) is 1. The van der Waals surface area contributed by atoms with Crippen LogP contribution in [0.25, 0.3) is 0 Å². The first kappa shape index (κ1) is 12.6. The van der Waals surface area contributed by atoms with Gasteiger partial charge in [-0.3, -0.25) is 4.79 Å². The molecule has 0 N–H and O–H groups in total. The first-order valence-electron chi connectivity index (χ1n) is 6.25. The second-order valence-electron chi connectivity index (χ2n) is 4.87. The molecule has 0 saturated carbocycles. The predicted molar refractivity (Wildman–Crippen MR) is 75.1 cm³/mol. The minimum absolute atomic E-state index is 0.0902. The lowest BCUT2D eigenvalue weighted by Gasteiger charge is -2.11. The number of carbonyl (C=O) groups is 1. The van der Waals surface area contributed by atoms with Crippen LogP contribution in [0.15, 0.2) is 48.5 Å². The molecule has 0 aliphatic rings. The molecule has 1 atom stereocenters. The molecule has 0 aromatic heterocycles. The summed E-state index contributed by atoms with van der Waals surface area (Å²) >= 11 is 0. The molecule has 1 unspecified atom stereocenters. The van der Waals surface area contributed by atoms with Crippen LogP contribution in [-0.2, 0) is 0 Å². The van der Waals surface area contributed by atoms with E-state index in [1.165, 1.54) is 11.1 Å². The molecule has 0 heterocycles. The average molecular weight is 238 g/mol. The smallest absolute Gasteiger partial charge is 0.170 e.